The van der Waals surface area contributed by atoms with E-state index in [9.17, 15) is 18.8 Å². The number of carbonyl (C=O) groups excluding carboxylic acids is 3. The summed E-state index contributed by atoms with van der Waals surface area (Å²) in [7, 11) is 1.55. The van der Waals surface area contributed by atoms with Gasteiger partial charge >= 0.3 is 12.0 Å². The van der Waals surface area contributed by atoms with Crippen LogP contribution in [0.5, 0.6) is 0 Å². The Labute approximate surface area is 201 Å². The van der Waals surface area contributed by atoms with Gasteiger partial charge in [0.05, 0.1) is 0 Å². The summed E-state index contributed by atoms with van der Waals surface area (Å²) < 4.78 is 18.8. The molecule has 10 heteroatoms. The number of imide groups is 1. The Hall–Kier alpha value is -4.21. The second-order valence-electron chi connectivity index (χ2n) is 8.60. The number of anilines is 1. The summed E-state index contributed by atoms with van der Waals surface area (Å²) >= 11 is 0. The highest BCUT2D eigenvalue weighted by atomic mass is 19.1. The molecule has 0 saturated carbocycles. The van der Waals surface area contributed by atoms with Crippen molar-refractivity contribution in [2.24, 2.45) is 4.99 Å². The molecule has 0 N–H and O–H groups in total. The highest BCUT2D eigenvalue weighted by Crippen LogP contribution is 2.39. The minimum absolute atomic E-state index is 0.0465. The third-order valence-corrected chi connectivity index (χ3v) is 6.51. The number of nitrogens with zero attached hydrogens (tertiary/aromatic N) is 5. The van der Waals surface area contributed by atoms with E-state index in [2.05, 4.69) is 0 Å². The lowest BCUT2D eigenvalue weighted by Gasteiger charge is -2.40. The Morgan fingerprint density at radius 1 is 1.03 bits per heavy atom. The smallest absolute Gasteiger partial charge is 0.328 e. The first-order chi connectivity index (χ1) is 16.8. The molecule has 5 rings (SSSR count). The highest BCUT2D eigenvalue weighted by molar-refractivity contribution is 6.11. The summed E-state index contributed by atoms with van der Waals surface area (Å²) in [5, 5.41) is 0. The van der Waals surface area contributed by atoms with Crippen LogP contribution in [-0.2, 0) is 20.9 Å². The number of halogens is 1. The van der Waals surface area contributed by atoms with Crippen molar-refractivity contribution >= 4 is 29.6 Å². The summed E-state index contributed by atoms with van der Waals surface area (Å²) in [6, 6.07) is 13.7. The second-order valence-corrected chi connectivity index (χ2v) is 8.60. The topological polar surface area (TPSA) is 85.8 Å². The van der Waals surface area contributed by atoms with E-state index in [4.69, 9.17) is 9.73 Å². The first-order valence-electron chi connectivity index (χ1n) is 11.2. The van der Waals surface area contributed by atoms with E-state index in [-0.39, 0.29) is 12.4 Å². The zero-order chi connectivity index (χ0) is 24.9. The number of guanidine groups is 1. The maximum Gasteiger partial charge on any atom is 0.328 e. The minimum atomic E-state index is -0.824. The van der Waals surface area contributed by atoms with Gasteiger partial charge in [0.1, 0.15) is 19.0 Å². The van der Waals surface area contributed by atoms with E-state index in [0.717, 1.165) is 21.9 Å². The summed E-state index contributed by atoms with van der Waals surface area (Å²) in [5.41, 5.74) is 3.10. The van der Waals surface area contributed by atoms with Crippen LogP contribution in [0.3, 0.4) is 0 Å². The van der Waals surface area contributed by atoms with Crippen LogP contribution in [0.25, 0.3) is 0 Å². The molecular formula is C25H24FN5O4. The second kappa shape index (κ2) is 8.53. The molecule has 9 nitrogen and oxygen atoms in total. The molecule has 0 bridgehead atoms. The lowest BCUT2D eigenvalue weighted by Crippen LogP contribution is -2.65. The van der Waals surface area contributed by atoms with Crippen LogP contribution in [0.1, 0.15) is 19.4 Å². The molecule has 0 radical (unpaired) electrons. The standard InChI is InChI=1S/C25H24FN5O4/c1-15-16(2)31-21-22(27-24(31)30(15)19-11-9-18(26)10-12-19)28(3)25(34)29(23(21)33)13-20(32)35-14-17-7-5-4-6-8-17/h4-12,21-22H,13-14H2,1-3H3. The number of rotatable bonds is 5. The van der Waals surface area contributed by atoms with E-state index < -0.39 is 36.7 Å². The van der Waals surface area contributed by atoms with Gasteiger partial charge in [0, 0.05) is 24.1 Å². The normalized spacial score (nSPS) is 21.4. The van der Waals surface area contributed by atoms with Gasteiger partial charge in [-0.05, 0) is 43.7 Å². The van der Waals surface area contributed by atoms with Crippen molar-refractivity contribution in [3.8, 4) is 0 Å². The Balaban J connectivity index is 1.38. The van der Waals surface area contributed by atoms with Crippen molar-refractivity contribution in [1.82, 2.24) is 14.7 Å². The van der Waals surface area contributed by atoms with E-state index in [1.165, 1.54) is 17.0 Å². The lowest BCUT2D eigenvalue weighted by atomic mass is 10.1. The number of hydrogen-bond donors (Lipinski definition) is 0. The van der Waals surface area contributed by atoms with Crippen molar-refractivity contribution in [3.05, 3.63) is 77.4 Å². The van der Waals surface area contributed by atoms with Crippen LogP contribution >= 0.6 is 0 Å². The number of allylic oxidation sites excluding steroid dienone is 2. The van der Waals surface area contributed by atoms with Crippen LogP contribution < -0.4 is 4.90 Å². The van der Waals surface area contributed by atoms with Gasteiger partial charge in [-0.1, -0.05) is 30.3 Å². The predicted octanol–water partition coefficient (Wildman–Crippen LogP) is 2.90. The molecule has 1 saturated heterocycles. The molecule has 2 atom stereocenters. The third kappa shape index (κ3) is 3.71. The number of aliphatic imine (C=N–C) groups is 1. The van der Waals surface area contributed by atoms with Crippen LogP contribution in [0, 0.1) is 5.82 Å². The number of likely N-dealkylation sites (N-methyl/N-ethyl adjacent to an activating group) is 1. The van der Waals surface area contributed by atoms with Crippen LogP contribution in [0.15, 0.2) is 71.0 Å². The molecule has 180 valence electrons. The Bertz CT molecular complexity index is 1260. The first-order valence-corrected chi connectivity index (χ1v) is 11.2. The fraction of sp³-hybridized carbons (Fsp3) is 0.280. The molecule has 2 aromatic rings. The van der Waals surface area contributed by atoms with Crippen molar-refractivity contribution in [2.45, 2.75) is 32.7 Å². The summed E-state index contributed by atoms with van der Waals surface area (Å²) in [4.78, 5) is 49.6. The van der Waals surface area contributed by atoms with Crippen molar-refractivity contribution in [3.63, 3.8) is 0 Å². The summed E-state index contributed by atoms with van der Waals surface area (Å²) in [5.74, 6) is -1.09. The van der Waals surface area contributed by atoms with E-state index in [0.29, 0.717) is 11.6 Å². The quantitative estimate of drug-likeness (QED) is 0.616. The molecule has 3 aliphatic rings. The number of ether oxygens (including phenoxy) is 1. The molecule has 0 spiro atoms. The molecule has 0 aromatic heterocycles. The van der Waals surface area contributed by atoms with Gasteiger partial charge in [-0.2, -0.15) is 0 Å². The van der Waals surface area contributed by atoms with Gasteiger partial charge in [-0.15, -0.1) is 0 Å². The molecule has 1 fully saturated rings. The molecule has 35 heavy (non-hydrogen) atoms. The van der Waals surface area contributed by atoms with Crippen molar-refractivity contribution < 1.29 is 23.5 Å². The number of carbonyl (C=O) groups is 3. The third-order valence-electron chi connectivity index (χ3n) is 6.51. The van der Waals surface area contributed by atoms with E-state index in [1.54, 1.807) is 24.1 Å². The SMILES string of the molecule is CC1=C(C)N2C(=NC3C2C(=O)N(CC(=O)OCc2ccccc2)C(=O)N3C)N1c1ccc(F)cc1. The number of esters is 1. The van der Waals surface area contributed by atoms with Crippen LogP contribution in [-0.4, -0.2) is 64.4 Å². The zero-order valence-corrected chi connectivity index (χ0v) is 19.5. The molecule has 3 heterocycles. The molecule has 3 aliphatic heterocycles. The fourth-order valence-corrected chi connectivity index (χ4v) is 4.57. The Morgan fingerprint density at radius 2 is 1.71 bits per heavy atom. The van der Waals surface area contributed by atoms with E-state index >= 15 is 0 Å². The average molecular weight is 477 g/mol. The highest BCUT2D eigenvalue weighted by Gasteiger charge is 2.56. The number of urea groups is 1. The van der Waals surface area contributed by atoms with Crippen LogP contribution in [0.2, 0.25) is 0 Å². The predicted molar refractivity (Wildman–Crippen MR) is 125 cm³/mol. The zero-order valence-electron chi connectivity index (χ0n) is 19.5. The minimum Gasteiger partial charge on any atom is -0.459 e. The summed E-state index contributed by atoms with van der Waals surface area (Å²) in [6.45, 7) is 3.30. The monoisotopic (exact) mass is 477 g/mol. The van der Waals surface area contributed by atoms with Gasteiger partial charge in [0.2, 0.25) is 5.96 Å². The van der Waals surface area contributed by atoms with Crippen LogP contribution in [0.4, 0.5) is 14.9 Å². The molecular weight excluding hydrogens is 453 g/mol. The molecule has 3 amide bonds. The maximum absolute atomic E-state index is 13.5. The number of hydrogen-bond acceptors (Lipinski definition) is 7. The lowest BCUT2D eigenvalue weighted by molar-refractivity contribution is -0.151. The van der Waals surface area contributed by atoms with Gasteiger partial charge < -0.3 is 9.64 Å². The number of fused-ring (bicyclic) bond motifs is 3. The van der Waals surface area contributed by atoms with E-state index in [1.807, 2.05) is 49.1 Å². The number of amides is 3. The average Bonchev–Trinajstić information content (AvgIpc) is 3.36. The molecule has 2 aromatic carbocycles. The van der Waals surface area contributed by atoms with Crippen molar-refractivity contribution in [2.75, 3.05) is 18.5 Å². The largest absolute Gasteiger partial charge is 0.459 e. The first kappa shape index (κ1) is 22.6. The maximum atomic E-state index is 13.5. The van der Waals surface area contributed by atoms with Gasteiger partial charge in [0.25, 0.3) is 5.91 Å². The molecule has 2 unspecified atom stereocenters. The summed E-state index contributed by atoms with van der Waals surface area (Å²) in [6.07, 6.45) is -0.757. The van der Waals surface area contributed by atoms with Gasteiger partial charge in [-0.25, -0.2) is 14.2 Å². The van der Waals surface area contributed by atoms with Crippen molar-refractivity contribution in [1.29, 1.82) is 0 Å². The fourth-order valence-electron chi connectivity index (χ4n) is 4.57. The van der Waals surface area contributed by atoms with Gasteiger partial charge in [0.15, 0.2) is 12.2 Å². The Morgan fingerprint density at radius 3 is 2.40 bits per heavy atom. The Kier molecular flexibility index (Phi) is 5.50. The van der Waals surface area contributed by atoms with Gasteiger partial charge in [-0.3, -0.25) is 24.3 Å². The molecule has 0 aliphatic carbocycles. The number of benzene rings is 2.